The number of halogens is 1. The van der Waals surface area contributed by atoms with E-state index in [1.807, 2.05) is 25.2 Å². The molecule has 1 aliphatic carbocycles. The highest BCUT2D eigenvalue weighted by atomic mass is 79.9. The third kappa shape index (κ3) is 5.78. The maximum absolute atomic E-state index is 4.26. The van der Waals surface area contributed by atoms with Crippen LogP contribution in [-0.2, 0) is 6.42 Å². The molecule has 1 nitrogen and oxygen atoms in total. The van der Waals surface area contributed by atoms with Gasteiger partial charge in [-0.2, -0.15) is 0 Å². The lowest BCUT2D eigenvalue weighted by atomic mass is 9.91. The van der Waals surface area contributed by atoms with Crippen LogP contribution in [0.2, 0.25) is 0 Å². The number of fused-ring (bicyclic) bond motifs is 1. The molecule has 1 heterocycles. The molecule has 0 aromatic heterocycles. The number of hydrogen-bond donors (Lipinski definition) is 0. The topological polar surface area (TPSA) is 0 Å². The largest absolute Gasteiger partial charge is 0.227 e. The molecule has 0 amide bonds. The summed E-state index contributed by atoms with van der Waals surface area (Å²) in [6.07, 6.45) is 19.4. The Labute approximate surface area is 209 Å². The quantitative estimate of drug-likeness (QED) is 0.163. The van der Waals surface area contributed by atoms with Gasteiger partial charge in [-0.3, -0.25) is 0 Å². The first-order chi connectivity index (χ1) is 15.8. The molecule has 0 spiro atoms. The van der Waals surface area contributed by atoms with Gasteiger partial charge in [0.25, 0.3) is 0 Å². The first kappa shape index (κ1) is 25.3. The van der Waals surface area contributed by atoms with Gasteiger partial charge in [0.15, 0.2) is 5.70 Å². The van der Waals surface area contributed by atoms with Gasteiger partial charge in [0.05, 0.1) is 12.6 Å². The lowest BCUT2D eigenvalue weighted by Gasteiger charge is -2.34. The van der Waals surface area contributed by atoms with E-state index in [1.54, 1.807) is 0 Å². The molecule has 0 saturated heterocycles. The second-order valence-corrected chi connectivity index (χ2v) is 10.4. The monoisotopic (exact) mass is 502 g/mol. The maximum Gasteiger partial charge on any atom is 0.196 e. The molecule has 0 bridgehead atoms. The van der Waals surface area contributed by atoms with Gasteiger partial charge in [0, 0.05) is 28.9 Å². The number of benzene rings is 1. The minimum Gasteiger partial charge on any atom is -0.227 e. The Morgan fingerprint density at radius 3 is 2.82 bits per heavy atom. The molecule has 2 heteroatoms. The second kappa shape index (κ2) is 11.2. The third-order valence-electron chi connectivity index (χ3n) is 6.74. The van der Waals surface area contributed by atoms with E-state index in [0.29, 0.717) is 4.48 Å². The molecule has 0 radical (unpaired) electrons. The summed E-state index contributed by atoms with van der Waals surface area (Å²) in [6, 6.07) is 4.43. The summed E-state index contributed by atoms with van der Waals surface area (Å²) in [6.45, 7) is 14.7. The highest BCUT2D eigenvalue weighted by molar-refractivity contribution is 9.10. The fraction of sp³-hybridized carbons (Fsp3) is 0.355. The Kier molecular flexibility index (Phi) is 8.57. The summed E-state index contributed by atoms with van der Waals surface area (Å²) in [7, 11) is 2.25. The van der Waals surface area contributed by atoms with Crippen LogP contribution in [0.5, 0.6) is 0 Å². The number of quaternary nitrogens is 1. The van der Waals surface area contributed by atoms with E-state index in [-0.39, 0.29) is 0 Å². The SMILES string of the molecule is C=CC=C[N+]1(C)C(=C=CC)C(CC2=CCCC(C)CC2)=C=CCc2c(C(=C)C)cc(Br)cc21. The number of hydrogen-bond acceptors (Lipinski definition) is 0. The zero-order valence-electron chi connectivity index (χ0n) is 20.7. The van der Waals surface area contributed by atoms with Crippen molar-refractivity contribution in [2.75, 3.05) is 7.05 Å². The predicted molar refractivity (Wildman–Crippen MR) is 149 cm³/mol. The number of allylic oxidation sites excluding steroid dienone is 6. The molecule has 1 aromatic rings. The van der Waals surface area contributed by atoms with E-state index in [1.165, 1.54) is 53.6 Å². The highest BCUT2D eigenvalue weighted by Crippen LogP contribution is 2.42. The molecule has 2 aliphatic rings. The van der Waals surface area contributed by atoms with Crippen LogP contribution in [0, 0.1) is 5.92 Å². The van der Waals surface area contributed by atoms with Gasteiger partial charge >= 0.3 is 0 Å². The van der Waals surface area contributed by atoms with Crippen LogP contribution in [0.3, 0.4) is 0 Å². The van der Waals surface area contributed by atoms with Crippen molar-refractivity contribution in [1.82, 2.24) is 4.48 Å². The van der Waals surface area contributed by atoms with Gasteiger partial charge in [-0.15, -0.1) is 5.73 Å². The van der Waals surface area contributed by atoms with E-state index in [4.69, 9.17) is 0 Å². The van der Waals surface area contributed by atoms with Crippen molar-refractivity contribution in [2.45, 2.75) is 59.3 Å². The van der Waals surface area contributed by atoms with Crippen molar-refractivity contribution >= 4 is 27.2 Å². The van der Waals surface area contributed by atoms with Crippen LogP contribution < -0.4 is 4.48 Å². The van der Waals surface area contributed by atoms with Crippen LogP contribution >= 0.6 is 15.9 Å². The van der Waals surface area contributed by atoms with Gasteiger partial charge in [-0.05, 0) is 75.3 Å². The molecule has 2 atom stereocenters. The van der Waals surface area contributed by atoms with Crippen molar-refractivity contribution in [3.63, 3.8) is 0 Å². The van der Waals surface area contributed by atoms with E-state index < -0.39 is 0 Å². The van der Waals surface area contributed by atoms with Crippen LogP contribution in [0.4, 0.5) is 5.69 Å². The molecule has 33 heavy (non-hydrogen) atoms. The average molecular weight is 504 g/mol. The Hall–Kier alpha value is -2.34. The van der Waals surface area contributed by atoms with Gasteiger partial charge in [-0.1, -0.05) is 65.0 Å². The first-order valence-corrected chi connectivity index (χ1v) is 12.8. The van der Waals surface area contributed by atoms with Crippen molar-refractivity contribution in [3.05, 3.63) is 106 Å². The Morgan fingerprint density at radius 2 is 2.12 bits per heavy atom. The normalized spacial score (nSPS) is 22.9. The minimum absolute atomic E-state index is 0.505. The van der Waals surface area contributed by atoms with Crippen LogP contribution in [0.25, 0.3) is 5.57 Å². The van der Waals surface area contributed by atoms with Crippen LogP contribution in [0.15, 0.2) is 94.6 Å². The molecule has 172 valence electrons. The molecule has 0 saturated carbocycles. The van der Waals surface area contributed by atoms with E-state index in [2.05, 4.69) is 91.9 Å². The maximum atomic E-state index is 4.26. The number of nitrogens with zero attached hydrogens (tertiary/aromatic N) is 1. The average Bonchev–Trinajstić information content (AvgIpc) is 2.98. The molecule has 1 aliphatic heterocycles. The van der Waals surface area contributed by atoms with Gasteiger partial charge < -0.3 is 0 Å². The standard InChI is InChI=1S/C31H37BrN/c1-7-9-19-33(6)30(12-8-2)26(20-25-14-10-13-24(5)17-18-25)15-11-16-28-29(23(3)4)21-27(32)22-31(28)33/h7-9,11,14,19,21-22,24H,1,3,10,13,16-18,20H2,2,4-6H3/q+1. The summed E-state index contributed by atoms with van der Waals surface area (Å²) >= 11 is 3.77. The Balaban J connectivity index is 2.26. The van der Waals surface area contributed by atoms with Crippen molar-refractivity contribution in [2.24, 2.45) is 5.92 Å². The van der Waals surface area contributed by atoms with E-state index >= 15 is 0 Å². The molecular weight excluding hydrogens is 466 g/mol. The van der Waals surface area contributed by atoms with Crippen LogP contribution in [-0.4, -0.2) is 7.05 Å². The molecular formula is C31H37BrN+. The molecule has 1 aromatic carbocycles. The van der Waals surface area contributed by atoms with Gasteiger partial charge in [-0.25, -0.2) is 4.48 Å². The van der Waals surface area contributed by atoms with Gasteiger partial charge in [0.1, 0.15) is 11.9 Å². The summed E-state index contributed by atoms with van der Waals surface area (Å²) in [5.74, 6) is 0.799. The Morgan fingerprint density at radius 1 is 1.33 bits per heavy atom. The number of rotatable bonds is 5. The van der Waals surface area contributed by atoms with Crippen molar-refractivity contribution in [3.8, 4) is 0 Å². The molecule has 2 unspecified atom stereocenters. The fourth-order valence-electron chi connectivity index (χ4n) is 4.90. The van der Waals surface area contributed by atoms with Crippen molar-refractivity contribution < 1.29 is 0 Å². The van der Waals surface area contributed by atoms with Gasteiger partial charge in [0.2, 0.25) is 0 Å². The van der Waals surface area contributed by atoms with Crippen LogP contribution in [0.1, 0.15) is 64.0 Å². The zero-order valence-corrected chi connectivity index (χ0v) is 22.3. The zero-order chi connectivity index (χ0) is 24.0. The van der Waals surface area contributed by atoms with E-state index in [9.17, 15) is 0 Å². The molecule has 0 N–H and O–H groups in total. The lowest BCUT2D eigenvalue weighted by molar-refractivity contribution is 0.508. The van der Waals surface area contributed by atoms with Crippen molar-refractivity contribution in [1.29, 1.82) is 0 Å². The fourth-order valence-corrected chi connectivity index (χ4v) is 5.34. The number of likely N-dealkylation sites (N-methyl/N-ethyl adjacent to an activating group) is 1. The third-order valence-corrected chi connectivity index (χ3v) is 7.20. The summed E-state index contributed by atoms with van der Waals surface area (Å²) < 4.78 is 1.57. The smallest absolute Gasteiger partial charge is 0.196 e. The molecule has 0 fully saturated rings. The molecule has 3 rings (SSSR count). The summed E-state index contributed by atoms with van der Waals surface area (Å²) in [4.78, 5) is 0. The summed E-state index contributed by atoms with van der Waals surface area (Å²) in [5, 5.41) is 0. The highest BCUT2D eigenvalue weighted by Gasteiger charge is 2.36. The van der Waals surface area contributed by atoms with E-state index in [0.717, 1.165) is 34.5 Å². The first-order valence-electron chi connectivity index (χ1n) is 12.0. The lowest BCUT2D eigenvalue weighted by Crippen LogP contribution is -2.40. The summed E-state index contributed by atoms with van der Waals surface area (Å²) in [5.41, 5.74) is 16.0. The minimum atomic E-state index is 0.505. The predicted octanol–water partition coefficient (Wildman–Crippen LogP) is 9.34. The Bertz CT molecular complexity index is 1130. The second-order valence-electron chi connectivity index (χ2n) is 9.46.